The van der Waals surface area contributed by atoms with Crippen LogP contribution in [0, 0.1) is 0 Å². The van der Waals surface area contributed by atoms with Gasteiger partial charge in [0.2, 0.25) is 0 Å². The zero-order valence-corrected chi connectivity index (χ0v) is 17.3. The van der Waals surface area contributed by atoms with Crippen LogP contribution in [0.25, 0.3) is 0 Å². The number of aromatic carboxylic acids is 1. The minimum atomic E-state index is -4.24. The summed E-state index contributed by atoms with van der Waals surface area (Å²) in [6.07, 6.45) is 0. The lowest BCUT2D eigenvalue weighted by molar-refractivity contribution is 0.0599. The summed E-state index contributed by atoms with van der Waals surface area (Å²) < 4.78 is 48.0. The van der Waals surface area contributed by atoms with Gasteiger partial charge in [-0.2, -0.15) is 0 Å². The van der Waals surface area contributed by atoms with Gasteiger partial charge in [0.05, 0.1) is 42.5 Å². The van der Waals surface area contributed by atoms with Crippen LogP contribution in [0.3, 0.4) is 0 Å². The van der Waals surface area contributed by atoms with Gasteiger partial charge in [-0.25, -0.2) is 18.0 Å². The number of carbonyl (C=O) groups is 2. The molecule has 11 heteroatoms. The van der Waals surface area contributed by atoms with Crippen LogP contribution >= 0.6 is 0 Å². The van der Waals surface area contributed by atoms with Crippen LogP contribution in [0.2, 0.25) is 0 Å². The quantitative estimate of drug-likeness (QED) is 0.420. The molecule has 0 saturated carbocycles. The van der Waals surface area contributed by atoms with Crippen molar-refractivity contribution in [1.29, 1.82) is 0 Å². The molecule has 0 bridgehead atoms. The molecule has 162 valence electrons. The summed E-state index contributed by atoms with van der Waals surface area (Å²) in [6.45, 7) is 0.387. The summed E-state index contributed by atoms with van der Waals surface area (Å²) >= 11 is 0. The molecule has 0 aromatic heterocycles. The fourth-order valence-electron chi connectivity index (χ4n) is 2.44. The smallest absolute Gasteiger partial charge is 0.337 e. The number of hydrogen-bond acceptors (Lipinski definition) is 8. The predicted molar refractivity (Wildman–Crippen MR) is 106 cm³/mol. The molecule has 2 N–H and O–H groups in total. The van der Waals surface area contributed by atoms with Crippen LogP contribution in [-0.2, 0) is 19.5 Å². The Morgan fingerprint density at radius 1 is 1.03 bits per heavy atom. The zero-order valence-electron chi connectivity index (χ0n) is 16.5. The summed E-state index contributed by atoms with van der Waals surface area (Å²) in [5, 5.41) is 9.49. The Morgan fingerprint density at radius 3 is 2.37 bits per heavy atom. The van der Waals surface area contributed by atoms with Gasteiger partial charge in [0.15, 0.2) is 11.5 Å². The lowest BCUT2D eigenvalue weighted by Crippen LogP contribution is -2.17. The van der Waals surface area contributed by atoms with Gasteiger partial charge in [0.25, 0.3) is 10.0 Å². The number of benzene rings is 2. The third-order valence-electron chi connectivity index (χ3n) is 3.89. The van der Waals surface area contributed by atoms with Gasteiger partial charge >= 0.3 is 11.9 Å². The fourth-order valence-corrected chi connectivity index (χ4v) is 3.56. The highest BCUT2D eigenvalue weighted by molar-refractivity contribution is 7.92. The molecule has 0 fully saturated rings. The van der Waals surface area contributed by atoms with E-state index in [0.717, 1.165) is 12.1 Å². The maximum atomic E-state index is 12.8. The Bertz CT molecular complexity index is 1030. The highest BCUT2D eigenvalue weighted by atomic mass is 32.2. The molecule has 0 aliphatic carbocycles. The average molecular weight is 439 g/mol. The zero-order chi connectivity index (χ0) is 22.3. The molecule has 0 atom stereocenters. The molecule has 2 rings (SSSR count). The number of sulfonamides is 1. The first kappa shape index (κ1) is 23.0. The molecule has 2 aromatic rings. The molecule has 30 heavy (non-hydrogen) atoms. The topological polar surface area (TPSA) is 137 Å². The molecule has 0 aliphatic rings. The molecular formula is C19H21NO9S. The van der Waals surface area contributed by atoms with E-state index >= 15 is 0 Å². The van der Waals surface area contributed by atoms with E-state index in [2.05, 4.69) is 9.46 Å². The predicted octanol–water partition coefficient (Wildman–Crippen LogP) is 2.01. The van der Waals surface area contributed by atoms with E-state index in [1.807, 2.05) is 0 Å². The van der Waals surface area contributed by atoms with Gasteiger partial charge in [-0.15, -0.1) is 0 Å². The van der Waals surface area contributed by atoms with Gasteiger partial charge < -0.3 is 24.1 Å². The van der Waals surface area contributed by atoms with E-state index in [-0.39, 0.29) is 46.4 Å². The molecular weight excluding hydrogens is 418 g/mol. The van der Waals surface area contributed by atoms with Crippen molar-refractivity contribution in [1.82, 2.24) is 0 Å². The molecule has 0 radical (unpaired) electrons. The molecule has 2 aromatic carbocycles. The Kier molecular flexibility index (Phi) is 7.61. The van der Waals surface area contributed by atoms with Crippen molar-refractivity contribution in [3.05, 3.63) is 47.5 Å². The van der Waals surface area contributed by atoms with Crippen LogP contribution in [-0.4, -0.2) is 60.0 Å². The van der Waals surface area contributed by atoms with Crippen molar-refractivity contribution in [3.8, 4) is 11.5 Å². The number of carboxylic acids is 1. The number of rotatable bonds is 10. The lowest BCUT2D eigenvalue weighted by Gasteiger charge is -2.16. The van der Waals surface area contributed by atoms with Gasteiger partial charge in [-0.05, 0) is 18.2 Å². The number of carbonyl (C=O) groups excluding carboxylic acids is 1. The fraction of sp³-hybridized carbons (Fsp3) is 0.263. The lowest BCUT2D eigenvalue weighted by atomic mass is 10.1. The molecule has 10 nitrogen and oxygen atoms in total. The molecule has 0 heterocycles. The Hall–Kier alpha value is -3.31. The molecule has 0 saturated heterocycles. The minimum absolute atomic E-state index is 0.0251. The Balaban J connectivity index is 2.47. The average Bonchev–Trinajstić information content (AvgIpc) is 2.73. The number of esters is 1. The number of anilines is 1. The van der Waals surface area contributed by atoms with E-state index in [4.69, 9.17) is 14.2 Å². The van der Waals surface area contributed by atoms with E-state index in [9.17, 15) is 23.1 Å². The molecule has 0 unspecified atom stereocenters. The highest BCUT2D eigenvalue weighted by Gasteiger charge is 2.23. The van der Waals surface area contributed by atoms with Crippen molar-refractivity contribution >= 4 is 27.6 Å². The third-order valence-corrected chi connectivity index (χ3v) is 5.25. The van der Waals surface area contributed by atoms with Crippen LogP contribution in [0.15, 0.2) is 41.3 Å². The maximum absolute atomic E-state index is 12.8. The van der Waals surface area contributed by atoms with Crippen molar-refractivity contribution in [2.45, 2.75) is 4.90 Å². The first-order valence-corrected chi connectivity index (χ1v) is 10.00. The number of carboxylic acid groups (broad SMARTS) is 1. The van der Waals surface area contributed by atoms with Crippen molar-refractivity contribution in [2.24, 2.45) is 0 Å². The summed E-state index contributed by atoms with van der Waals surface area (Å²) in [4.78, 5) is 23.1. The number of hydrogen-bond donors (Lipinski definition) is 2. The van der Waals surface area contributed by atoms with Crippen molar-refractivity contribution in [3.63, 3.8) is 0 Å². The van der Waals surface area contributed by atoms with E-state index < -0.39 is 22.0 Å². The summed E-state index contributed by atoms with van der Waals surface area (Å²) in [5.74, 6) is -1.85. The second-order valence-electron chi connectivity index (χ2n) is 5.82. The normalized spacial score (nSPS) is 10.9. The summed E-state index contributed by atoms with van der Waals surface area (Å²) in [6, 6.07) is 7.49. The van der Waals surface area contributed by atoms with Crippen LogP contribution in [0.1, 0.15) is 20.7 Å². The van der Waals surface area contributed by atoms with Gasteiger partial charge in [0.1, 0.15) is 6.61 Å². The van der Waals surface area contributed by atoms with Crippen molar-refractivity contribution < 1.29 is 42.1 Å². The highest BCUT2D eigenvalue weighted by Crippen LogP contribution is 2.34. The number of ether oxygens (including phenoxy) is 4. The third kappa shape index (κ3) is 5.39. The van der Waals surface area contributed by atoms with E-state index in [1.165, 1.54) is 45.6 Å². The van der Waals surface area contributed by atoms with Gasteiger partial charge in [-0.1, -0.05) is 6.07 Å². The van der Waals surface area contributed by atoms with Crippen LogP contribution in [0.4, 0.5) is 5.69 Å². The Labute approximate surface area is 173 Å². The first-order chi connectivity index (χ1) is 14.2. The number of nitrogens with one attached hydrogen (secondary N) is 1. The van der Waals surface area contributed by atoms with Crippen LogP contribution in [0.5, 0.6) is 11.5 Å². The van der Waals surface area contributed by atoms with Gasteiger partial charge in [0, 0.05) is 19.2 Å². The number of methoxy groups -OCH3 is 3. The molecule has 0 spiro atoms. The van der Waals surface area contributed by atoms with Gasteiger partial charge in [-0.3, -0.25) is 4.72 Å². The standard InChI is InChI=1S/C19H21NO9S/c1-26-7-8-29-17-11-15(14(18(21)22)10-16(17)27-2)20-30(24,25)13-6-4-5-12(9-13)19(23)28-3/h4-6,9-11,20H,7-8H2,1-3H3,(H,21,22). The first-order valence-electron chi connectivity index (χ1n) is 8.51. The van der Waals surface area contributed by atoms with Crippen molar-refractivity contribution in [2.75, 3.05) is 39.3 Å². The maximum Gasteiger partial charge on any atom is 0.337 e. The minimum Gasteiger partial charge on any atom is -0.493 e. The summed E-state index contributed by atoms with van der Waals surface area (Å²) in [7, 11) is -0.259. The molecule has 0 aliphatic heterocycles. The Morgan fingerprint density at radius 2 is 1.77 bits per heavy atom. The second-order valence-corrected chi connectivity index (χ2v) is 7.50. The molecule has 0 amide bonds. The van der Waals surface area contributed by atoms with E-state index in [1.54, 1.807) is 0 Å². The second kappa shape index (κ2) is 9.94. The monoisotopic (exact) mass is 439 g/mol. The summed E-state index contributed by atoms with van der Waals surface area (Å²) in [5.41, 5.74) is -0.560. The van der Waals surface area contributed by atoms with E-state index in [0.29, 0.717) is 0 Å². The SMILES string of the molecule is COCCOc1cc(NS(=O)(=O)c2cccc(C(=O)OC)c2)c(C(=O)O)cc1OC. The van der Waals surface area contributed by atoms with Crippen LogP contribution < -0.4 is 14.2 Å². The largest absolute Gasteiger partial charge is 0.493 e.